The maximum absolute atomic E-state index is 12.3. The fourth-order valence-electron chi connectivity index (χ4n) is 1.08. The summed E-state index contributed by atoms with van der Waals surface area (Å²) in [5.74, 6) is 0. The Hall–Kier alpha value is -1.26. The van der Waals surface area contributed by atoms with Crippen molar-refractivity contribution in [3.8, 4) is 0 Å². The van der Waals surface area contributed by atoms with Gasteiger partial charge in [0.15, 0.2) is 5.69 Å². The van der Waals surface area contributed by atoms with Crippen LogP contribution in [0.25, 0.3) is 6.08 Å². The molecule has 1 rings (SSSR count). The van der Waals surface area contributed by atoms with E-state index in [1.165, 1.54) is 17.8 Å². The monoisotopic (exact) mass is 190 g/mol. The van der Waals surface area contributed by atoms with Crippen molar-refractivity contribution < 1.29 is 13.2 Å². The molecule has 0 spiro atoms. The second-order valence-corrected chi connectivity index (χ2v) is 2.67. The molecule has 0 aliphatic carbocycles. The van der Waals surface area contributed by atoms with Crippen molar-refractivity contribution in [1.82, 2.24) is 9.78 Å². The van der Waals surface area contributed by atoms with Gasteiger partial charge in [-0.2, -0.15) is 18.3 Å². The highest BCUT2D eigenvalue weighted by molar-refractivity contribution is 5.53. The van der Waals surface area contributed by atoms with Crippen LogP contribution in [0.2, 0.25) is 0 Å². The molecule has 0 aliphatic heterocycles. The predicted octanol–water partition coefficient (Wildman–Crippen LogP) is 2.39. The van der Waals surface area contributed by atoms with Crippen molar-refractivity contribution in [3.63, 3.8) is 0 Å². The molecule has 0 atom stereocenters. The molecule has 1 aromatic heterocycles. The summed E-state index contributed by atoms with van der Waals surface area (Å²) in [7, 11) is 1.47. The van der Waals surface area contributed by atoms with E-state index in [1.54, 1.807) is 6.92 Å². The van der Waals surface area contributed by atoms with Gasteiger partial charge in [0, 0.05) is 18.3 Å². The third kappa shape index (κ3) is 1.59. The van der Waals surface area contributed by atoms with Crippen molar-refractivity contribution in [3.05, 3.63) is 23.5 Å². The molecule has 1 aromatic rings. The largest absolute Gasteiger partial charge is 0.435 e. The smallest absolute Gasteiger partial charge is 0.272 e. The minimum atomic E-state index is -4.41. The Bertz CT molecular complexity index is 336. The van der Waals surface area contributed by atoms with Crippen LogP contribution in [0, 0.1) is 6.92 Å². The van der Waals surface area contributed by atoms with Crippen LogP contribution in [-0.2, 0) is 13.2 Å². The van der Waals surface area contributed by atoms with Crippen LogP contribution in [-0.4, -0.2) is 9.78 Å². The van der Waals surface area contributed by atoms with E-state index < -0.39 is 11.9 Å². The van der Waals surface area contributed by atoms with E-state index in [0.717, 1.165) is 0 Å². The van der Waals surface area contributed by atoms with Crippen LogP contribution in [0.15, 0.2) is 6.58 Å². The van der Waals surface area contributed by atoms with Gasteiger partial charge in [0.2, 0.25) is 0 Å². The minimum absolute atomic E-state index is 0.0509. The highest BCUT2D eigenvalue weighted by Crippen LogP contribution is 2.32. The maximum Gasteiger partial charge on any atom is 0.435 e. The van der Waals surface area contributed by atoms with Crippen LogP contribution in [0.5, 0.6) is 0 Å². The summed E-state index contributed by atoms with van der Waals surface area (Å²) >= 11 is 0. The average Bonchev–Trinajstić information content (AvgIpc) is 2.28. The molecule has 0 amide bonds. The van der Waals surface area contributed by atoms with E-state index in [1.807, 2.05) is 0 Å². The lowest BCUT2D eigenvalue weighted by atomic mass is 10.2. The van der Waals surface area contributed by atoms with Gasteiger partial charge in [-0.3, -0.25) is 4.68 Å². The first kappa shape index (κ1) is 9.83. The number of hydrogen-bond donors (Lipinski definition) is 0. The van der Waals surface area contributed by atoms with Crippen LogP contribution in [0.4, 0.5) is 13.2 Å². The van der Waals surface area contributed by atoms with E-state index in [-0.39, 0.29) is 5.56 Å². The summed E-state index contributed by atoms with van der Waals surface area (Å²) in [6, 6.07) is 0. The minimum Gasteiger partial charge on any atom is -0.272 e. The van der Waals surface area contributed by atoms with E-state index in [2.05, 4.69) is 11.7 Å². The molecule has 0 aliphatic rings. The third-order valence-corrected chi connectivity index (χ3v) is 1.85. The normalized spacial score (nSPS) is 11.8. The fourth-order valence-corrected chi connectivity index (χ4v) is 1.08. The Morgan fingerprint density at radius 3 is 2.31 bits per heavy atom. The van der Waals surface area contributed by atoms with Crippen molar-refractivity contribution in [2.75, 3.05) is 0 Å². The van der Waals surface area contributed by atoms with Gasteiger partial charge >= 0.3 is 6.18 Å². The van der Waals surface area contributed by atoms with Gasteiger partial charge in [-0.1, -0.05) is 12.7 Å². The second-order valence-electron chi connectivity index (χ2n) is 2.67. The number of rotatable bonds is 1. The van der Waals surface area contributed by atoms with Gasteiger partial charge in [-0.25, -0.2) is 0 Å². The molecule has 0 fully saturated rings. The summed E-state index contributed by atoms with van der Waals surface area (Å²) in [5.41, 5.74) is -0.361. The van der Waals surface area contributed by atoms with Crippen molar-refractivity contribution >= 4 is 6.08 Å². The van der Waals surface area contributed by atoms with Crippen molar-refractivity contribution in [2.24, 2.45) is 7.05 Å². The predicted molar refractivity (Wildman–Crippen MR) is 43.0 cm³/mol. The molecule has 0 N–H and O–H groups in total. The summed E-state index contributed by atoms with van der Waals surface area (Å²) in [4.78, 5) is 0. The highest BCUT2D eigenvalue weighted by atomic mass is 19.4. The van der Waals surface area contributed by atoms with E-state index in [9.17, 15) is 13.2 Å². The average molecular weight is 190 g/mol. The summed E-state index contributed by atoms with van der Waals surface area (Å²) < 4.78 is 38.1. The molecule has 0 aromatic carbocycles. The molecule has 0 unspecified atom stereocenters. The first-order chi connectivity index (χ1) is 5.88. The Labute approximate surface area is 73.7 Å². The molecule has 13 heavy (non-hydrogen) atoms. The Balaban J connectivity index is 3.38. The van der Waals surface area contributed by atoms with Crippen LogP contribution in [0.3, 0.4) is 0 Å². The lowest BCUT2D eigenvalue weighted by molar-refractivity contribution is -0.141. The summed E-state index contributed by atoms with van der Waals surface area (Å²) in [6.07, 6.45) is -3.24. The second kappa shape index (κ2) is 2.90. The number of aromatic nitrogens is 2. The molecule has 0 saturated carbocycles. The number of nitrogens with zero attached hydrogens (tertiary/aromatic N) is 2. The Morgan fingerprint density at radius 2 is 2.00 bits per heavy atom. The topological polar surface area (TPSA) is 17.8 Å². The lowest BCUT2D eigenvalue weighted by Crippen LogP contribution is -2.08. The summed E-state index contributed by atoms with van der Waals surface area (Å²) in [5, 5.41) is 3.37. The quantitative estimate of drug-likeness (QED) is 0.664. The first-order valence-electron chi connectivity index (χ1n) is 3.61. The molecule has 72 valence electrons. The first-order valence-corrected chi connectivity index (χ1v) is 3.61. The van der Waals surface area contributed by atoms with Gasteiger partial charge in [0.05, 0.1) is 0 Å². The molecule has 0 bridgehead atoms. The van der Waals surface area contributed by atoms with E-state index >= 15 is 0 Å². The summed E-state index contributed by atoms with van der Waals surface area (Å²) in [6.45, 7) is 4.89. The standard InChI is InChI=1S/C8H9F3N2/c1-4-6-5(2)13(3)12-7(6)8(9,10)11/h4H,1H2,2-3H3. The number of hydrogen-bond acceptors (Lipinski definition) is 1. The molecule has 2 nitrogen and oxygen atoms in total. The highest BCUT2D eigenvalue weighted by Gasteiger charge is 2.37. The molecule has 0 saturated heterocycles. The number of aryl methyl sites for hydroxylation is 1. The van der Waals surface area contributed by atoms with Gasteiger partial charge in [-0.15, -0.1) is 0 Å². The van der Waals surface area contributed by atoms with E-state index in [0.29, 0.717) is 5.69 Å². The third-order valence-electron chi connectivity index (χ3n) is 1.85. The Kier molecular flexibility index (Phi) is 2.19. The van der Waals surface area contributed by atoms with Crippen molar-refractivity contribution in [2.45, 2.75) is 13.1 Å². The fraction of sp³-hybridized carbons (Fsp3) is 0.375. The van der Waals surface area contributed by atoms with Gasteiger partial charge in [0.1, 0.15) is 0 Å². The zero-order chi connectivity index (χ0) is 10.2. The van der Waals surface area contributed by atoms with Gasteiger partial charge in [0.25, 0.3) is 0 Å². The van der Waals surface area contributed by atoms with Crippen LogP contribution < -0.4 is 0 Å². The van der Waals surface area contributed by atoms with Gasteiger partial charge < -0.3 is 0 Å². The SMILES string of the molecule is C=Cc1c(C(F)(F)F)nn(C)c1C. The molecule has 0 radical (unpaired) electrons. The van der Waals surface area contributed by atoms with E-state index in [4.69, 9.17) is 0 Å². The van der Waals surface area contributed by atoms with Crippen molar-refractivity contribution in [1.29, 1.82) is 0 Å². The molecular formula is C8H9F3N2. The zero-order valence-corrected chi connectivity index (χ0v) is 7.31. The van der Waals surface area contributed by atoms with Crippen LogP contribution >= 0.6 is 0 Å². The van der Waals surface area contributed by atoms with Crippen LogP contribution in [0.1, 0.15) is 17.0 Å². The zero-order valence-electron chi connectivity index (χ0n) is 7.31. The molecule has 5 heteroatoms. The molecular weight excluding hydrogens is 181 g/mol. The lowest BCUT2D eigenvalue weighted by Gasteiger charge is -2.02. The van der Waals surface area contributed by atoms with Gasteiger partial charge in [-0.05, 0) is 6.92 Å². The molecule has 1 heterocycles. The number of halogens is 3. The number of alkyl halides is 3. The maximum atomic E-state index is 12.3. The Morgan fingerprint density at radius 1 is 1.46 bits per heavy atom.